The van der Waals surface area contributed by atoms with Gasteiger partial charge in [-0.25, -0.2) is 0 Å². The lowest BCUT2D eigenvalue weighted by atomic mass is 9.90. The number of rotatable bonds is 8. The SMILES string of the molecule is CCCNC(CCc1ccc(C)cc1)CC1CCOCC1. The first-order valence-corrected chi connectivity index (χ1v) is 8.64. The average Bonchev–Trinajstić information content (AvgIpc) is 2.52. The Labute approximate surface area is 130 Å². The number of hydrogen-bond donors (Lipinski definition) is 1. The molecule has 1 heterocycles. The van der Waals surface area contributed by atoms with Crippen molar-refractivity contribution in [1.82, 2.24) is 5.32 Å². The molecule has 0 spiro atoms. The second kappa shape index (κ2) is 9.22. The highest BCUT2D eigenvalue weighted by Crippen LogP contribution is 2.22. The van der Waals surface area contributed by atoms with Gasteiger partial charge < -0.3 is 10.1 Å². The fourth-order valence-corrected chi connectivity index (χ4v) is 3.13. The Bertz CT molecular complexity index is 381. The van der Waals surface area contributed by atoms with Crippen molar-refractivity contribution < 1.29 is 4.74 Å². The Morgan fingerprint density at radius 3 is 2.57 bits per heavy atom. The zero-order valence-corrected chi connectivity index (χ0v) is 13.7. The summed E-state index contributed by atoms with van der Waals surface area (Å²) in [7, 11) is 0. The lowest BCUT2D eigenvalue weighted by molar-refractivity contribution is 0.0602. The minimum absolute atomic E-state index is 0.661. The predicted octanol–water partition coefficient (Wildman–Crippen LogP) is 4.11. The van der Waals surface area contributed by atoms with Crippen molar-refractivity contribution in [3.63, 3.8) is 0 Å². The summed E-state index contributed by atoms with van der Waals surface area (Å²) in [6.45, 7) is 7.47. The molecule has 1 atom stereocenters. The van der Waals surface area contributed by atoms with E-state index < -0.39 is 0 Å². The molecule has 0 saturated carbocycles. The van der Waals surface area contributed by atoms with Gasteiger partial charge in [0.25, 0.3) is 0 Å². The molecule has 21 heavy (non-hydrogen) atoms. The summed E-state index contributed by atoms with van der Waals surface area (Å²) in [6.07, 6.45) is 7.46. The highest BCUT2D eigenvalue weighted by Gasteiger charge is 2.18. The van der Waals surface area contributed by atoms with Crippen LogP contribution in [0.2, 0.25) is 0 Å². The predicted molar refractivity (Wildman–Crippen MR) is 89.7 cm³/mol. The summed E-state index contributed by atoms with van der Waals surface area (Å²) < 4.78 is 5.48. The molecule has 1 aromatic carbocycles. The van der Waals surface area contributed by atoms with E-state index in [4.69, 9.17) is 4.74 Å². The largest absolute Gasteiger partial charge is 0.381 e. The van der Waals surface area contributed by atoms with Crippen LogP contribution in [-0.4, -0.2) is 25.8 Å². The summed E-state index contributed by atoms with van der Waals surface area (Å²) >= 11 is 0. The summed E-state index contributed by atoms with van der Waals surface area (Å²) in [6, 6.07) is 9.67. The maximum Gasteiger partial charge on any atom is 0.0468 e. The second-order valence-corrected chi connectivity index (χ2v) is 6.47. The second-order valence-electron chi connectivity index (χ2n) is 6.47. The van der Waals surface area contributed by atoms with Gasteiger partial charge in [0.2, 0.25) is 0 Å². The van der Waals surface area contributed by atoms with Crippen LogP contribution in [0.4, 0.5) is 0 Å². The summed E-state index contributed by atoms with van der Waals surface area (Å²) in [5, 5.41) is 3.76. The highest BCUT2D eigenvalue weighted by molar-refractivity contribution is 5.21. The first kappa shape index (κ1) is 16.5. The minimum atomic E-state index is 0.661. The molecule has 1 fully saturated rings. The van der Waals surface area contributed by atoms with Crippen LogP contribution < -0.4 is 5.32 Å². The first-order chi connectivity index (χ1) is 10.3. The Morgan fingerprint density at radius 2 is 1.90 bits per heavy atom. The van der Waals surface area contributed by atoms with Crippen molar-refractivity contribution in [3.8, 4) is 0 Å². The monoisotopic (exact) mass is 289 g/mol. The van der Waals surface area contributed by atoms with Gasteiger partial charge in [0.15, 0.2) is 0 Å². The molecule has 1 saturated heterocycles. The van der Waals surface area contributed by atoms with Crippen LogP contribution in [0.25, 0.3) is 0 Å². The standard InChI is InChI=1S/C19H31NO/c1-3-12-20-19(15-18-10-13-21-14-11-18)9-8-17-6-4-16(2)5-7-17/h4-7,18-20H,3,8-15H2,1-2H3. The first-order valence-electron chi connectivity index (χ1n) is 8.64. The molecule has 0 bridgehead atoms. The van der Waals surface area contributed by atoms with E-state index in [-0.39, 0.29) is 0 Å². The van der Waals surface area contributed by atoms with E-state index in [2.05, 4.69) is 43.4 Å². The van der Waals surface area contributed by atoms with Gasteiger partial charge in [-0.1, -0.05) is 36.8 Å². The third-order valence-electron chi connectivity index (χ3n) is 4.54. The van der Waals surface area contributed by atoms with Crippen molar-refractivity contribution in [2.75, 3.05) is 19.8 Å². The molecule has 1 unspecified atom stereocenters. The van der Waals surface area contributed by atoms with Crippen molar-refractivity contribution in [1.29, 1.82) is 0 Å². The minimum Gasteiger partial charge on any atom is -0.381 e. The summed E-state index contributed by atoms with van der Waals surface area (Å²) in [5.74, 6) is 0.853. The number of aryl methyl sites for hydroxylation is 2. The zero-order valence-electron chi connectivity index (χ0n) is 13.7. The molecule has 118 valence electrons. The number of benzene rings is 1. The zero-order chi connectivity index (χ0) is 14.9. The third-order valence-corrected chi connectivity index (χ3v) is 4.54. The Kier molecular flexibility index (Phi) is 7.25. The van der Waals surface area contributed by atoms with E-state index in [1.54, 1.807) is 0 Å². The third kappa shape index (κ3) is 6.19. The van der Waals surface area contributed by atoms with E-state index in [1.807, 2.05) is 0 Å². The van der Waals surface area contributed by atoms with E-state index in [9.17, 15) is 0 Å². The highest BCUT2D eigenvalue weighted by atomic mass is 16.5. The van der Waals surface area contributed by atoms with Crippen LogP contribution in [0.1, 0.15) is 50.2 Å². The normalized spacial score (nSPS) is 17.8. The summed E-state index contributed by atoms with van der Waals surface area (Å²) in [5.41, 5.74) is 2.82. The molecule has 2 heteroatoms. The molecule has 1 aliphatic heterocycles. The van der Waals surface area contributed by atoms with E-state index in [0.717, 1.165) is 25.7 Å². The maximum atomic E-state index is 5.48. The fraction of sp³-hybridized carbons (Fsp3) is 0.684. The number of hydrogen-bond acceptors (Lipinski definition) is 2. The average molecular weight is 289 g/mol. The smallest absolute Gasteiger partial charge is 0.0468 e. The Hall–Kier alpha value is -0.860. The van der Waals surface area contributed by atoms with E-state index >= 15 is 0 Å². The van der Waals surface area contributed by atoms with Gasteiger partial charge in [0.05, 0.1) is 0 Å². The lowest BCUT2D eigenvalue weighted by Crippen LogP contribution is -2.33. The Morgan fingerprint density at radius 1 is 1.19 bits per heavy atom. The van der Waals surface area contributed by atoms with Gasteiger partial charge in [0.1, 0.15) is 0 Å². The molecule has 1 N–H and O–H groups in total. The van der Waals surface area contributed by atoms with Crippen LogP contribution in [0.15, 0.2) is 24.3 Å². The quantitative estimate of drug-likeness (QED) is 0.777. The fourth-order valence-electron chi connectivity index (χ4n) is 3.13. The van der Waals surface area contributed by atoms with Gasteiger partial charge in [-0.15, -0.1) is 0 Å². The molecular weight excluding hydrogens is 258 g/mol. The molecular formula is C19H31NO. The van der Waals surface area contributed by atoms with Gasteiger partial charge in [-0.3, -0.25) is 0 Å². The molecule has 0 radical (unpaired) electrons. The molecule has 0 amide bonds. The lowest BCUT2D eigenvalue weighted by Gasteiger charge is -2.27. The van der Waals surface area contributed by atoms with Gasteiger partial charge in [-0.05, 0) is 63.5 Å². The molecule has 2 rings (SSSR count). The molecule has 0 aromatic heterocycles. The van der Waals surface area contributed by atoms with Crippen LogP contribution >= 0.6 is 0 Å². The van der Waals surface area contributed by atoms with Crippen LogP contribution in [-0.2, 0) is 11.2 Å². The topological polar surface area (TPSA) is 21.3 Å². The molecule has 0 aliphatic carbocycles. The van der Waals surface area contributed by atoms with Gasteiger partial charge >= 0.3 is 0 Å². The molecule has 1 aromatic rings. The van der Waals surface area contributed by atoms with Crippen LogP contribution in [0.5, 0.6) is 0 Å². The maximum absolute atomic E-state index is 5.48. The molecule has 1 aliphatic rings. The van der Waals surface area contributed by atoms with Crippen LogP contribution in [0, 0.1) is 12.8 Å². The number of ether oxygens (including phenoxy) is 1. The van der Waals surface area contributed by atoms with E-state index in [1.165, 1.54) is 49.7 Å². The van der Waals surface area contributed by atoms with Gasteiger partial charge in [-0.2, -0.15) is 0 Å². The van der Waals surface area contributed by atoms with Gasteiger partial charge in [0, 0.05) is 19.3 Å². The van der Waals surface area contributed by atoms with Crippen molar-refractivity contribution in [2.45, 2.75) is 58.4 Å². The van der Waals surface area contributed by atoms with Crippen molar-refractivity contribution in [3.05, 3.63) is 35.4 Å². The Balaban J connectivity index is 1.81. The van der Waals surface area contributed by atoms with Crippen molar-refractivity contribution in [2.24, 2.45) is 5.92 Å². The van der Waals surface area contributed by atoms with Crippen LogP contribution in [0.3, 0.4) is 0 Å². The molecule has 2 nitrogen and oxygen atoms in total. The number of nitrogens with one attached hydrogen (secondary N) is 1. The van der Waals surface area contributed by atoms with Crippen molar-refractivity contribution >= 4 is 0 Å². The summed E-state index contributed by atoms with van der Waals surface area (Å²) in [4.78, 5) is 0. The van der Waals surface area contributed by atoms with E-state index in [0.29, 0.717) is 6.04 Å².